The summed E-state index contributed by atoms with van der Waals surface area (Å²) in [5, 5.41) is 3.16. The summed E-state index contributed by atoms with van der Waals surface area (Å²) in [5.74, 6) is 0. The lowest BCUT2D eigenvalue weighted by atomic mass is 10.1. The van der Waals surface area contributed by atoms with Gasteiger partial charge in [-0.25, -0.2) is 4.98 Å². The minimum Gasteiger partial charge on any atom is -0.386 e. The zero-order valence-electron chi connectivity index (χ0n) is 9.55. The molecule has 2 rings (SSSR count). The van der Waals surface area contributed by atoms with Crippen LogP contribution in [-0.2, 0) is 0 Å². The maximum absolute atomic E-state index is 4.52. The van der Waals surface area contributed by atoms with Gasteiger partial charge in [0.1, 0.15) is 5.52 Å². The molecule has 0 aromatic carbocycles. The van der Waals surface area contributed by atoms with Crippen LogP contribution in [0.5, 0.6) is 0 Å². The summed E-state index contributed by atoms with van der Waals surface area (Å²) in [7, 11) is 1.91. The second-order valence-electron chi connectivity index (χ2n) is 3.84. The van der Waals surface area contributed by atoms with Crippen LogP contribution in [-0.4, -0.2) is 17.0 Å². The topological polar surface area (TPSA) is 37.8 Å². The molecule has 2 aromatic rings. The molecule has 3 heteroatoms. The predicted octanol–water partition coefficient (Wildman–Crippen LogP) is 2.60. The number of hydrogen-bond donors (Lipinski definition) is 1. The molecule has 0 amide bonds. The first kappa shape index (κ1) is 9.90. The average molecular weight is 201 g/mol. The lowest BCUT2D eigenvalue weighted by Gasteiger charge is -2.09. The van der Waals surface area contributed by atoms with E-state index in [2.05, 4.69) is 28.3 Å². The molecule has 0 spiro atoms. The molecular weight excluding hydrogens is 186 g/mol. The summed E-state index contributed by atoms with van der Waals surface area (Å²) in [4.78, 5) is 9.05. The van der Waals surface area contributed by atoms with Crippen molar-refractivity contribution >= 4 is 16.7 Å². The van der Waals surface area contributed by atoms with E-state index >= 15 is 0 Å². The van der Waals surface area contributed by atoms with Crippen LogP contribution in [0.2, 0.25) is 0 Å². The van der Waals surface area contributed by atoms with Gasteiger partial charge >= 0.3 is 0 Å². The zero-order valence-corrected chi connectivity index (χ0v) is 9.55. The molecule has 0 fully saturated rings. The van der Waals surface area contributed by atoms with Crippen LogP contribution in [0.1, 0.15) is 17.0 Å². The lowest BCUT2D eigenvalue weighted by Crippen LogP contribution is -1.98. The molecule has 3 nitrogen and oxygen atoms in total. The van der Waals surface area contributed by atoms with Crippen LogP contribution < -0.4 is 5.32 Å². The van der Waals surface area contributed by atoms with Gasteiger partial charge in [-0.1, -0.05) is 0 Å². The molecule has 0 atom stereocenters. The van der Waals surface area contributed by atoms with Crippen LogP contribution >= 0.6 is 0 Å². The van der Waals surface area contributed by atoms with Crippen molar-refractivity contribution in [2.24, 2.45) is 0 Å². The number of nitrogens with zero attached hydrogens (tertiary/aromatic N) is 2. The van der Waals surface area contributed by atoms with E-state index in [1.54, 1.807) is 0 Å². The van der Waals surface area contributed by atoms with Gasteiger partial charge in [-0.2, -0.15) is 0 Å². The molecule has 0 saturated carbocycles. The molecule has 0 unspecified atom stereocenters. The van der Waals surface area contributed by atoms with E-state index in [0.29, 0.717) is 0 Å². The number of fused-ring (bicyclic) bond motifs is 1. The largest absolute Gasteiger partial charge is 0.386 e. The Labute approximate surface area is 89.6 Å². The second kappa shape index (κ2) is 3.50. The molecule has 0 radical (unpaired) electrons. The fraction of sp³-hybridized carbons (Fsp3) is 0.333. The Kier molecular flexibility index (Phi) is 2.31. The number of pyridine rings is 2. The molecule has 15 heavy (non-hydrogen) atoms. The zero-order chi connectivity index (χ0) is 11.0. The Morgan fingerprint density at radius 3 is 2.20 bits per heavy atom. The van der Waals surface area contributed by atoms with Crippen molar-refractivity contribution in [1.29, 1.82) is 0 Å². The first-order chi connectivity index (χ1) is 7.11. The molecule has 0 aliphatic heterocycles. The molecule has 2 heterocycles. The van der Waals surface area contributed by atoms with Crippen LogP contribution in [0.3, 0.4) is 0 Å². The van der Waals surface area contributed by atoms with Gasteiger partial charge in [0.25, 0.3) is 0 Å². The SMILES string of the molecule is CNc1cc(C)nc2c(C)cc(C)nc12. The molecule has 0 bridgehead atoms. The third-order valence-electron chi connectivity index (χ3n) is 2.48. The van der Waals surface area contributed by atoms with E-state index in [-0.39, 0.29) is 0 Å². The Hall–Kier alpha value is -1.64. The molecule has 2 aromatic heterocycles. The highest BCUT2D eigenvalue weighted by molar-refractivity contribution is 5.89. The quantitative estimate of drug-likeness (QED) is 0.770. The summed E-state index contributed by atoms with van der Waals surface area (Å²) in [6.45, 7) is 6.08. The third-order valence-corrected chi connectivity index (χ3v) is 2.48. The summed E-state index contributed by atoms with van der Waals surface area (Å²) in [5.41, 5.74) is 6.22. The summed E-state index contributed by atoms with van der Waals surface area (Å²) >= 11 is 0. The van der Waals surface area contributed by atoms with E-state index in [9.17, 15) is 0 Å². The van der Waals surface area contributed by atoms with Gasteiger partial charge in [0.05, 0.1) is 11.2 Å². The van der Waals surface area contributed by atoms with Crippen LogP contribution in [0.4, 0.5) is 5.69 Å². The van der Waals surface area contributed by atoms with Crippen molar-refractivity contribution in [2.45, 2.75) is 20.8 Å². The van der Waals surface area contributed by atoms with E-state index in [1.807, 2.05) is 27.0 Å². The first-order valence-electron chi connectivity index (χ1n) is 5.05. The average Bonchev–Trinajstić information content (AvgIpc) is 2.18. The Balaban J connectivity index is 2.89. The number of aromatic nitrogens is 2. The van der Waals surface area contributed by atoms with E-state index in [0.717, 1.165) is 28.1 Å². The van der Waals surface area contributed by atoms with Gasteiger partial charge in [-0.05, 0) is 38.5 Å². The van der Waals surface area contributed by atoms with Gasteiger partial charge in [0, 0.05) is 18.4 Å². The van der Waals surface area contributed by atoms with Gasteiger partial charge < -0.3 is 5.32 Å². The Bertz CT molecular complexity index is 518. The van der Waals surface area contributed by atoms with Gasteiger partial charge in [0.15, 0.2) is 0 Å². The lowest BCUT2D eigenvalue weighted by molar-refractivity contribution is 1.18. The molecule has 0 aliphatic carbocycles. The fourth-order valence-electron chi connectivity index (χ4n) is 1.84. The molecule has 0 saturated heterocycles. The van der Waals surface area contributed by atoms with Gasteiger partial charge in [-0.15, -0.1) is 0 Å². The fourth-order valence-corrected chi connectivity index (χ4v) is 1.84. The highest BCUT2D eigenvalue weighted by Gasteiger charge is 2.07. The van der Waals surface area contributed by atoms with E-state index in [4.69, 9.17) is 0 Å². The van der Waals surface area contributed by atoms with Crippen molar-refractivity contribution < 1.29 is 0 Å². The minimum atomic E-state index is 0.959. The molecule has 0 aliphatic rings. The Morgan fingerprint density at radius 1 is 0.933 bits per heavy atom. The van der Waals surface area contributed by atoms with Crippen molar-refractivity contribution in [3.05, 3.63) is 29.1 Å². The monoisotopic (exact) mass is 201 g/mol. The normalized spacial score (nSPS) is 10.7. The van der Waals surface area contributed by atoms with E-state index < -0.39 is 0 Å². The maximum atomic E-state index is 4.52. The standard InChI is InChI=1S/C12H15N3/c1-7-5-8(2)15-12-10(13-4)6-9(3)14-11(7)12/h5-6H,1-4H3,(H,13,14). The second-order valence-corrected chi connectivity index (χ2v) is 3.84. The number of rotatable bonds is 1. The van der Waals surface area contributed by atoms with Crippen molar-refractivity contribution in [1.82, 2.24) is 9.97 Å². The highest BCUT2D eigenvalue weighted by Crippen LogP contribution is 2.23. The van der Waals surface area contributed by atoms with Crippen LogP contribution in [0.25, 0.3) is 11.0 Å². The maximum Gasteiger partial charge on any atom is 0.112 e. The summed E-state index contributed by atoms with van der Waals surface area (Å²) in [6, 6.07) is 4.09. The third kappa shape index (κ3) is 1.65. The molecule has 78 valence electrons. The highest BCUT2D eigenvalue weighted by atomic mass is 14.9. The predicted molar refractivity (Wildman–Crippen MR) is 63.3 cm³/mol. The number of aryl methyl sites for hydroxylation is 3. The van der Waals surface area contributed by atoms with Crippen molar-refractivity contribution in [3.8, 4) is 0 Å². The molecule has 1 N–H and O–H groups in total. The summed E-state index contributed by atoms with van der Waals surface area (Å²) < 4.78 is 0. The smallest absolute Gasteiger partial charge is 0.112 e. The summed E-state index contributed by atoms with van der Waals surface area (Å²) in [6.07, 6.45) is 0. The van der Waals surface area contributed by atoms with Crippen molar-refractivity contribution in [3.63, 3.8) is 0 Å². The number of nitrogens with one attached hydrogen (secondary N) is 1. The van der Waals surface area contributed by atoms with E-state index in [1.165, 1.54) is 5.56 Å². The van der Waals surface area contributed by atoms with Crippen LogP contribution in [0, 0.1) is 20.8 Å². The number of hydrogen-bond acceptors (Lipinski definition) is 3. The minimum absolute atomic E-state index is 0.959. The van der Waals surface area contributed by atoms with Crippen LogP contribution in [0.15, 0.2) is 12.1 Å². The number of anilines is 1. The van der Waals surface area contributed by atoms with Gasteiger partial charge in [-0.3, -0.25) is 4.98 Å². The van der Waals surface area contributed by atoms with Crippen molar-refractivity contribution in [2.75, 3.05) is 12.4 Å². The molecular formula is C12H15N3. The van der Waals surface area contributed by atoms with Gasteiger partial charge in [0.2, 0.25) is 0 Å². The Morgan fingerprint density at radius 2 is 1.53 bits per heavy atom. The first-order valence-corrected chi connectivity index (χ1v) is 5.05.